The first-order chi connectivity index (χ1) is 29.4. The number of ether oxygens (including phenoxy) is 1. The molecule has 7 heterocycles. The van der Waals surface area contributed by atoms with Gasteiger partial charge in [-0.1, -0.05) is 0 Å². The third-order valence-electron chi connectivity index (χ3n) is 12.9. The SMILES string of the molecule is CC(=O)N1CCC(NC2CCOCC2)=C(C(N)=[N+]2CCCc3cc(-c4cnn(CCCN5Cc6cc7c(cc6C5)C(=O)N(C5CCC(=O)NC5=O)C7=O)c4)c(C(F)F)cc32)C1. The molecule has 61 heavy (non-hydrogen) atoms. The fourth-order valence-corrected chi connectivity index (χ4v) is 9.69. The van der Waals surface area contributed by atoms with Crippen LogP contribution in [0.4, 0.5) is 14.5 Å². The number of alkyl halides is 2. The highest BCUT2D eigenvalue weighted by molar-refractivity contribution is 6.23. The molecule has 4 N–H and O–H groups in total. The number of benzene rings is 2. The number of aromatic nitrogens is 2. The molecule has 0 aliphatic carbocycles. The fourth-order valence-electron chi connectivity index (χ4n) is 9.69. The standard InChI is InChI=1S/C44H49F2N9O6/c1-25(56)52-13-7-36(49-30-8-14-61-15-9-30)35(24-52)41(47)54-12-2-4-26-16-31(32(40(45)46)19-38(26)54)29-20-48-53(23-29)11-3-10-51-21-27-17-33-34(18-28(27)22-51)44(60)55(43(33)59)37-5-6-39(57)50-42(37)58/h16-20,23,30,37,40H,2-15,21-22,24H2,1H3,(H3,47,49,50,57,58)/p+1. The quantitative estimate of drug-likeness (QED) is 0.156. The normalized spacial score (nSPS) is 21.9. The highest BCUT2D eigenvalue weighted by Gasteiger charge is 2.45. The van der Waals surface area contributed by atoms with Gasteiger partial charge in [0.05, 0.1) is 36.0 Å². The van der Waals surface area contributed by atoms with Gasteiger partial charge in [-0.05, 0) is 85.0 Å². The van der Waals surface area contributed by atoms with Crippen LogP contribution in [0.15, 0.2) is 47.9 Å². The van der Waals surface area contributed by atoms with Crippen molar-refractivity contribution < 1.29 is 42.1 Å². The number of carbonyl (C=O) groups is 5. The summed E-state index contributed by atoms with van der Waals surface area (Å²) in [6.45, 7) is 6.81. The van der Waals surface area contributed by atoms with E-state index in [-0.39, 0.29) is 41.5 Å². The molecule has 6 aliphatic rings. The van der Waals surface area contributed by atoms with E-state index < -0.39 is 36.1 Å². The lowest BCUT2D eigenvalue weighted by atomic mass is 9.93. The predicted octanol–water partition coefficient (Wildman–Crippen LogP) is 3.52. The third-order valence-corrected chi connectivity index (χ3v) is 12.9. The molecule has 1 unspecified atom stereocenters. The minimum atomic E-state index is -2.74. The van der Waals surface area contributed by atoms with E-state index in [2.05, 4.69) is 20.6 Å². The smallest absolute Gasteiger partial charge is 0.279 e. The summed E-state index contributed by atoms with van der Waals surface area (Å²) in [6, 6.07) is 6.16. The number of rotatable bonds is 10. The number of fused-ring (bicyclic) bond motifs is 3. The molecule has 2 fully saturated rings. The maximum atomic E-state index is 14.9. The van der Waals surface area contributed by atoms with Gasteiger partial charge in [-0.25, -0.2) is 13.4 Å². The van der Waals surface area contributed by atoms with Crippen molar-refractivity contribution >= 4 is 41.1 Å². The van der Waals surface area contributed by atoms with Gasteiger partial charge in [0.2, 0.25) is 17.7 Å². The Balaban J connectivity index is 0.883. The Labute approximate surface area is 351 Å². The number of hydrogen-bond donors (Lipinski definition) is 3. The number of halogens is 2. The molecule has 3 aromatic rings. The molecule has 0 spiro atoms. The zero-order valence-electron chi connectivity index (χ0n) is 34.2. The highest BCUT2D eigenvalue weighted by atomic mass is 19.3. The Morgan fingerprint density at radius 3 is 2.36 bits per heavy atom. The van der Waals surface area contributed by atoms with Crippen molar-refractivity contribution in [2.75, 3.05) is 39.4 Å². The molecule has 2 aromatic carbocycles. The minimum absolute atomic E-state index is 0.0376. The van der Waals surface area contributed by atoms with Crippen LogP contribution in [-0.2, 0) is 45.2 Å². The molecule has 320 valence electrons. The number of aryl methyl sites for hydroxylation is 2. The van der Waals surface area contributed by atoms with Crippen LogP contribution in [0.3, 0.4) is 0 Å². The molecule has 1 atom stereocenters. The van der Waals surface area contributed by atoms with Crippen LogP contribution in [-0.4, -0.2) is 116 Å². The summed E-state index contributed by atoms with van der Waals surface area (Å²) in [6.07, 6.45) is 5.44. The van der Waals surface area contributed by atoms with Gasteiger partial charge in [-0.2, -0.15) is 5.10 Å². The van der Waals surface area contributed by atoms with Crippen molar-refractivity contribution in [3.8, 4) is 11.1 Å². The first-order valence-corrected chi connectivity index (χ1v) is 21.2. The average molecular weight is 839 g/mol. The monoisotopic (exact) mass is 838 g/mol. The second kappa shape index (κ2) is 16.6. The summed E-state index contributed by atoms with van der Waals surface area (Å²) in [5.74, 6) is -1.66. The summed E-state index contributed by atoms with van der Waals surface area (Å²) < 4.78 is 39.2. The number of imide groups is 2. The summed E-state index contributed by atoms with van der Waals surface area (Å²) in [7, 11) is 0. The van der Waals surface area contributed by atoms with Crippen LogP contribution >= 0.6 is 0 Å². The van der Waals surface area contributed by atoms with Gasteiger partial charge in [-0.3, -0.25) is 49.5 Å². The molecule has 15 nitrogen and oxygen atoms in total. The third kappa shape index (κ3) is 7.84. The van der Waals surface area contributed by atoms with E-state index in [0.717, 1.165) is 52.1 Å². The summed E-state index contributed by atoms with van der Waals surface area (Å²) in [5.41, 5.74) is 13.8. The average Bonchev–Trinajstić information content (AvgIpc) is 3.95. The van der Waals surface area contributed by atoms with Crippen molar-refractivity contribution in [2.24, 2.45) is 5.73 Å². The number of nitrogens with one attached hydrogen (secondary N) is 2. The first-order valence-electron chi connectivity index (χ1n) is 21.2. The van der Waals surface area contributed by atoms with Crippen molar-refractivity contribution in [2.45, 2.75) is 96.4 Å². The number of hydrogen-bond acceptors (Lipinski definition) is 9. The second-order valence-corrected chi connectivity index (χ2v) is 16.9. The van der Waals surface area contributed by atoms with Crippen LogP contribution in [0.5, 0.6) is 0 Å². The van der Waals surface area contributed by atoms with Crippen LogP contribution < -0.4 is 16.4 Å². The summed E-state index contributed by atoms with van der Waals surface area (Å²) >= 11 is 0. The first kappa shape index (κ1) is 40.6. The fraction of sp³-hybridized carbons (Fsp3) is 0.477. The number of carbonyl (C=O) groups excluding carboxylic acids is 5. The molecule has 17 heteroatoms. The minimum Gasteiger partial charge on any atom is -0.385 e. The molecular formula is C44H50F2N9O6+. The van der Waals surface area contributed by atoms with Gasteiger partial charge in [0.25, 0.3) is 24.1 Å². The lowest BCUT2D eigenvalue weighted by molar-refractivity contribution is -0.447. The van der Waals surface area contributed by atoms with E-state index in [0.29, 0.717) is 101 Å². The molecule has 2 saturated heterocycles. The number of piperidine rings is 1. The predicted molar refractivity (Wildman–Crippen MR) is 218 cm³/mol. The van der Waals surface area contributed by atoms with Gasteiger partial charge in [0.15, 0.2) is 0 Å². The Morgan fingerprint density at radius 2 is 1.67 bits per heavy atom. The molecular weight excluding hydrogens is 789 g/mol. The van der Waals surface area contributed by atoms with Gasteiger partial charge in [0, 0.05) is 94.8 Å². The summed E-state index contributed by atoms with van der Waals surface area (Å²) in [5, 5.41) is 10.5. The molecule has 0 bridgehead atoms. The molecule has 9 rings (SSSR count). The van der Waals surface area contributed by atoms with Crippen LogP contribution in [0.1, 0.15) is 101 Å². The van der Waals surface area contributed by atoms with Crippen molar-refractivity contribution in [3.63, 3.8) is 0 Å². The molecule has 0 radical (unpaired) electrons. The van der Waals surface area contributed by atoms with Crippen LogP contribution in [0.25, 0.3) is 11.1 Å². The van der Waals surface area contributed by atoms with Crippen LogP contribution in [0.2, 0.25) is 0 Å². The zero-order chi connectivity index (χ0) is 42.5. The van der Waals surface area contributed by atoms with Gasteiger partial charge in [0.1, 0.15) is 11.7 Å². The lowest BCUT2D eigenvalue weighted by Gasteiger charge is -2.33. The number of nitrogens with two attached hydrogens (primary N) is 1. The van der Waals surface area contributed by atoms with Gasteiger partial charge >= 0.3 is 0 Å². The largest absolute Gasteiger partial charge is 0.385 e. The van der Waals surface area contributed by atoms with Crippen LogP contribution in [0, 0.1) is 0 Å². The number of amidine groups is 1. The van der Waals surface area contributed by atoms with Crippen molar-refractivity contribution in [1.82, 2.24) is 35.1 Å². The maximum Gasteiger partial charge on any atom is 0.279 e. The van der Waals surface area contributed by atoms with Gasteiger partial charge < -0.3 is 15.0 Å². The lowest BCUT2D eigenvalue weighted by Crippen LogP contribution is -2.54. The van der Waals surface area contributed by atoms with Crippen molar-refractivity contribution in [1.29, 1.82) is 0 Å². The summed E-state index contributed by atoms with van der Waals surface area (Å²) in [4.78, 5) is 68.2. The Bertz CT molecular complexity index is 2360. The van der Waals surface area contributed by atoms with Crippen molar-refractivity contribution in [3.05, 3.63) is 81.3 Å². The Kier molecular flexibility index (Phi) is 11.0. The van der Waals surface area contributed by atoms with E-state index in [1.165, 1.54) is 0 Å². The highest BCUT2D eigenvalue weighted by Crippen LogP contribution is 2.39. The molecule has 5 amide bonds. The number of amides is 5. The Morgan fingerprint density at radius 1 is 0.951 bits per heavy atom. The van der Waals surface area contributed by atoms with E-state index in [9.17, 15) is 32.8 Å². The Hall–Kier alpha value is -5.81. The molecule has 6 aliphatic heterocycles. The number of nitrogens with zero attached hydrogens (tertiary/aromatic N) is 6. The molecule has 1 aromatic heterocycles. The van der Waals surface area contributed by atoms with Gasteiger partial charge in [-0.15, -0.1) is 0 Å². The zero-order valence-corrected chi connectivity index (χ0v) is 34.2. The van der Waals surface area contributed by atoms with E-state index in [1.807, 2.05) is 10.6 Å². The maximum absolute atomic E-state index is 14.9. The topological polar surface area (TPSA) is 175 Å². The second-order valence-electron chi connectivity index (χ2n) is 16.9. The van der Waals surface area contributed by atoms with E-state index >= 15 is 0 Å². The van der Waals surface area contributed by atoms with E-state index in [4.69, 9.17) is 10.5 Å². The van der Waals surface area contributed by atoms with E-state index in [1.54, 1.807) is 47.1 Å². The molecule has 0 saturated carbocycles.